The Labute approximate surface area is 733 Å². The maximum absolute atomic E-state index is 6.18. The minimum absolute atomic E-state index is 0.597. The van der Waals surface area contributed by atoms with Crippen LogP contribution in [0.4, 0.5) is 51.2 Å². The summed E-state index contributed by atoms with van der Waals surface area (Å²) in [6.45, 7) is 19.2. The summed E-state index contributed by atoms with van der Waals surface area (Å²) >= 11 is 8.14. The Morgan fingerprint density at radius 3 is 1.16 bits per heavy atom. The van der Waals surface area contributed by atoms with E-state index in [-0.39, 0.29) is 0 Å². The number of aliphatic imine (C=N–C) groups is 5. The quantitative estimate of drug-likeness (QED) is 0.0153. The lowest BCUT2D eigenvalue weighted by atomic mass is 9.77. The SMILES string of the molecule is CCNCCN1CCCc2cc(N=C(N)c3cccs3)ccc21.CN(C)CCCN1CCCc2cc(N=C(N)c3cccs3)ccc21.CN1CCC(N2CCCc3cc(N=C(N)c4cccs4)ccc32)C1.CN1CCC(N2CCCc3cc(N=C(N)c4cccs4)ccc32)C1.NC(=Nc1ccc2c(c1)CCCCC2C1CCNCC1)c1cccs1. The number of nitrogens with one attached hydrogen (secondary N) is 2. The molecule has 0 saturated carbocycles. The van der Waals surface area contributed by atoms with Crippen molar-refractivity contribution >= 4 is 137 Å². The first-order valence-electron chi connectivity index (χ1n) is 43.6. The largest absolute Gasteiger partial charge is 0.383 e. The number of hydrogen-bond acceptors (Lipinski definition) is 19. The van der Waals surface area contributed by atoms with E-state index in [1.165, 1.54) is 186 Å². The van der Waals surface area contributed by atoms with Gasteiger partial charge in [-0.3, -0.25) is 0 Å². The second-order valence-corrected chi connectivity index (χ2v) is 37.9. The van der Waals surface area contributed by atoms with Crippen LogP contribution in [0.25, 0.3) is 0 Å². The number of rotatable bonds is 21. The third-order valence-electron chi connectivity index (χ3n) is 24.3. The van der Waals surface area contributed by atoms with Crippen molar-refractivity contribution in [2.45, 2.75) is 134 Å². The number of piperidine rings is 1. The molecular formula is C96H125N19S5. The fraction of sp³-hybridized carbons (Fsp3) is 0.427. The van der Waals surface area contributed by atoms with E-state index >= 15 is 0 Å². The van der Waals surface area contributed by atoms with Gasteiger partial charge in [0.15, 0.2) is 0 Å². The number of fused-ring (bicyclic) bond motifs is 5. The van der Waals surface area contributed by atoms with Crippen molar-refractivity contribution in [3.8, 4) is 0 Å². The average molecular weight is 1710 g/mol. The lowest BCUT2D eigenvalue weighted by Gasteiger charge is -2.36. The van der Waals surface area contributed by atoms with Crippen LogP contribution < -0.4 is 58.9 Å². The lowest BCUT2D eigenvalue weighted by Crippen LogP contribution is -2.40. The number of aryl methyl sites for hydroxylation is 5. The number of anilines is 4. The molecule has 19 nitrogen and oxygen atoms in total. The van der Waals surface area contributed by atoms with Crippen LogP contribution in [-0.4, -0.2) is 182 Å². The van der Waals surface area contributed by atoms with Crippen LogP contribution in [0, 0.1) is 5.92 Å². The van der Waals surface area contributed by atoms with E-state index in [1.807, 2.05) is 87.6 Å². The molecule has 8 aliphatic rings. The molecule has 12 heterocycles. The van der Waals surface area contributed by atoms with Crippen LogP contribution >= 0.6 is 56.7 Å². The van der Waals surface area contributed by atoms with E-state index in [4.69, 9.17) is 28.7 Å². The van der Waals surface area contributed by atoms with Crippen molar-refractivity contribution in [1.82, 2.24) is 25.3 Å². The summed E-state index contributed by atoms with van der Waals surface area (Å²) in [5, 5.41) is 17.0. The zero-order chi connectivity index (χ0) is 83.1. The van der Waals surface area contributed by atoms with Gasteiger partial charge in [-0.05, 0) is 358 Å². The number of likely N-dealkylation sites (N-methyl/N-ethyl adjacent to an activating group) is 3. The first-order chi connectivity index (χ1) is 58.6. The number of nitrogens with zero attached hydrogens (tertiary/aromatic N) is 12. The van der Waals surface area contributed by atoms with E-state index < -0.39 is 0 Å². The molecule has 3 fully saturated rings. The summed E-state index contributed by atoms with van der Waals surface area (Å²) in [4.78, 5) is 45.6. The number of nitrogens with two attached hydrogens (primary N) is 5. The molecule has 0 radical (unpaired) electrons. The van der Waals surface area contributed by atoms with Gasteiger partial charge in [-0.15, -0.1) is 56.7 Å². The first kappa shape index (κ1) is 87.3. The molecule has 12 N–H and O–H groups in total. The monoisotopic (exact) mass is 1700 g/mol. The Morgan fingerprint density at radius 2 is 0.783 bits per heavy atom. The molecule has 3 saturated heterocycles. The van der Waals surface area contributed by atoms with Crippen LogP contribution in [0.3, 0.4) is 0 Å². The molecule has 7 aliphatic heterocycles. The minimum Gasteiger partial charge on any atom is -0.383 e. The maximum atomic E-state index is 6.18. The molecule has 5 aromatic carbocycles. The summed E-state index contributed by atoms with van der Waals surface area (Å²) < 4.78 is 0. The fourth-order valence-electron chi connectivity index (χ4n) is 18.3. The Bertz CT molecular complexity index is 4880. The summed E-state index contributed by atoms with van der Waals surface area (Å²) in [6, 6.07) is 54.3. The normalized spacial score (nSPS) is 19.3. The summed E-state index contributed by atoms with van der Waals surface area (Å²) in [5.74, 6) is 4.60. The van der Waals surface area contributed by atoms with Gasteiger partial charge in [0, 0.05) is 93.7 Å². The lowest BCUT2D eigenvalue weighted by molar-refractivity contribution is 0.305. The van der Waals surface area contributed by atoms with Crippen LogP contribution in [0.2, 0.25) is 0 Å². The van der Waals surface area contributed by atoms with Crippen molar-refractivity contribution in [3.63, 3.8) is 0 Å². The van der Waals surface area contributed by atoms with E-state index in [2.05, 4.69) is 196 Å². The molecule has 1 aliphatic carbocycles. The zero-order valence-electron chi connectivity index (χ0n) is 71.1. The van der Waals surface area contributed by atoms with Gasteiger partial charge in [0.1, 0.15) is 29.2 Å². The summed E-state index contributed by atoms with van der Waals surface area (Å²) in [5.41, 5.74) is 49.7. The first-order valence-corrected chi connectivity index (χ1v) is 48.0. The van der Waals surface area contributed by atoms with Crippen LogP contribution in [0.1, 0.15) is 148 Å². The molecule has 3 atom stereocenters. The van der Waals surface area contributed by atoms with E-state index in [0.717, 1.165) is 136 Å². The highest BCUT2D eigenvalue weighted by Gasteiger charge is 2.33. The van der Waals surface area contributed by atoms with Gasteiger partial charge in [-0.1, -0.05) is 49.7 Å². The van der Waals surface area contributed by atoms with E-state index in [1.54, 1.807) is 62.2 Å². The molecule has 120 heavy (non-hydrogen) atoms. The van der Waals surface area contributed by atoms with Crippen molar-refractivity contribution in [2.75, 3.05) is 146 Å². The highest BCUT2D eigenvalue weighted by Crippen LogP contribution is 2.42. The summed E-state index contributed by atoms with van der Waals surface area (Å²) in [6.07, 6.45) is 20.9. The van der Waals surface area contributed by atoms with Gasteiger partial charge in [0.05, 0.1) is 52.8 Å². The molecule has 634 valence electrons. The molecule has 0 amide bonds. The standard InChI is InChI=1S/C21H27N3S.2C19H24N4S.C19H26N4S.C18H24N4S/c22-21(20-6-3-13-25-20)24-17-7-8-19-16(14-17)4-1-2-5-18(19)15-9-11-23-12-10-15;2*1-22-10-8-16(13-22)23-9-2-4-14-12-15(6-7-17(14)23)21-19(20)18-5-3-11-24-18;1-22(2)10-5-12-23-11-3-6-15-14-16(8-9-17(15)23)21-19(20)18-7-4-13-24-18;1-2-20-9-11-22-10-3-5-14-13-15(7-8-16(14)22)21-18(19)17-6-4-12-23-17/h3,6-8,13-15,18,23H,1-2,4-5,9-12H2,(H2,22,24);2*3,5-7,11-12,16H,2,4,8-10,13H2,1H3,(H2,20,21);4,7-9,13-14H,3,5-6,10-12H2,1-2H3,(H2,20,21);4,6-8,12-13,20H,2-3,5,9-11H2,1H3,(H2,19,21). The maximum Gasteiger partial charge on any atom is 0.141 e. The Kier molecular flexibility index (Phi) is 31.7. The van der Waals surface area contributed by atoms with Gasteiger partial charge < -0.3 is 73.6 Å². The molecule has 5 aromatic heterocycles. The van der Waals surface area contributed by atoms with Gasteiger partial charge in [-0.2, -0.15) is 0 Å². The second kappa shape index (κ2) is 43.6. The number of thiophene rings is 5. The highest BCUT2D eigenvalue weighted by atomic mass is 32.1. The summed E-state index contributed by atoms with van der Waals surface area (Å²) in [7, 11) is 8.70. The molecule has 3 unspecified atom stereocenters. The van der Waals surface area contributed by atoms with Gasteiger partial charge in [0.2, 0.25) is 0 Å². The van der Waals surface area contributed by atoms with Crippen molar-refractivity contribution in [1.29, 1.82) is 0 Å². The Balaban J connectivity index is 0.000000123. The van der Waals surface area contributed by atoms with Crippen LogP contribution in [0.15, 0.2) is 204 Å². The van der Waals surface area contributed by atoms with Crippen molar-refractivity contribution in [3.05, 3.63) is 236 Å². The minimum atomic E-state index is 0.597. The Hall–Kier alpha value is -9.05. The molecular weight excluding hydrogens is 1580 g/mol. The number of benzene rings is 5. The third-order valence-corrected chi connectivity index (χ3v) is 28.7. The van der Waals surface area contributed by atoms with E-state index in [9.17, 15) is 0 Å². The molecule has 18 rings (SSSR count). The van der Waals surface area contributed by atoms with Gasteiger partial charge >= 0.3 is 0 Å². The fourth-order valence-corrected chi connectivity index (χ4v) is 21.4. The number of amidine groups is 5. The second-order valence-electron chi connectivity index (χ2n) is 33.1. The van der Waals surface area contributed by atoms with Crippen LogP contribution in [-0.2, 0) is 32.1 Å². The number of likely N-dealkylation sites (tertiary alicyclic amines) is 2. The third kappa shape index (κ3) is 23.8. The molecule has 10 aromatic rings. The van der Waals surface area contributed by atoms with Crippen LogP contribution in [0.5, 0.6) is 0 Å². The highest BCUT2D eigenvalue weighted by molar-refractivity contribution is 7.13. The zero-order valence-corrected chi connectivity index (χ0v) is 75.1. The smallest absolute Gasteiger partial charge is 0.141 e. The predicted octanol–water partition coefficient (Wildman–Crippen LogP) is 17.7. The molecule has 0 bridgehead atoms. The molecule has 24 heteroatoms. The topological polar surface area (TPSA) is 239 Å². The predicted molar refractivity (Wildman–Crippen MR) is 518 cm³/mol. The average Bonchev–Trinajstić information content (AvgIpc) is 1.81. The van der Waals surface area contributed by atoms with E-state index in [0.29, 0.717) is 41.3 Å². The van der Waals surface area contributed by atoms with Gasteiger partial charge in [-0.25, -0.2) is 25.0 Å². The van der Waals surface area contributed by atoms with Gasteiger partial charge in [0.25, 0.3) is 0 Å². The molecule has 0 spiro atoms. The Morgan fingerprint density at radius 1 is 0.417 bits per heavy atom. The van der Waals surface area contributed by atoms with Crippen molar-refractivity contribution in [2.24, 2.45) is 59.5 Å². The van der Waals surface area contributed by atoms with Crippen molar-refractivity contribution < 1.29 is 0 Å². The number of hydrogen-bond donors (Lipinski definition) is 7.